The van der Waals surface area contributed by atoms with Crippen LogP contribution in [0, 0.1) is 5.82 Å². The minimum Gasteiger partial charge on any atom is -0.336 e. The van der Waals surface area contributed by atoms with Crippen molar-refractivity contribution in [1.82, 2.24) is 15.2 Å². The maximum Gasteiger partial charge on any atom is 0.256 e. The molecule has 1 saturated heterocycles. The van der Waals surface area contributed by atoms with Crippen LogP contribution in [0.4, 0.5) is 4.39 Å². The Morgan fingerprint density at radius 3 is 2.41 bits per heavy atom. The zero-order chi connectivity index (χ0) is 20.6. The highest BCUT2D eigenvalue weighted by Crippen LogP contribution is 2.34. The van der Waals surface area contributed by atoms with Crippen molar-refractivity contribution in [1.29, 1.82) is 0 Å². The molecule has 0 aliphatic carbocycles. The first kappa shape index (κ1) is 19.5. The van der Waals surface area contributed by atoms with E-state index in [1.54, 1.807) is 12.3 Å². The van der Waals surface area contributed by atoms with Crippen LogP contribution < -0.4 is 5.32 Å². The van der Waals surface area contributed by atoms with E-state index in [0.29, 0.717) is 29.6 Å². The molecule has 5 heteroatoms. The van der Waals surface area contributed by atoms with Crippen LogP contribution in [0.5, 0.6) is 0 Å². The molecule has 0 spiro atoms. The number of halogens is 1. The topological polar surface area (TPSA) is 45.2 Å². The molecule has 1 fully saturated rings. The summed E-state index contributed by atoms with van der Waals surface area (Å²) in [6.45, 7) is 9.36. The van der Waals surface area contributed by atoms with Crippen LogP contribution in [0.1, 0.15) is 36.7 Å². The SMILES string of the molecule is CC(C)(C)c1ccc(-c2c(C(=O)N3CCNCC3)cnc3ccc(F)cc23)cc1. The molecule has 1 N–H and O–H groups in total. The zero-order valence-electron chi connectivity index (χ0n) is 17.1. The van der Waals surface area contributed by atoms with Gasteiger partial charge in [0.15, 0.2) is 0 Å². The van der Waals surface area contributed by atoms with Crippen molar-refractivity contribution in [2.75, 3.05) is 26.2 Å². The number of nitrogens with zero attached hydrogens (tertiary/aromatic N) is 2. The summed E-state index contributed by atoms with van der Waals surface area (Å²) in [5, 5.41) is 3.93. The molecule has 1 aliphatic heterocycles. The lowest BCUT2D eigenvalue weighted by atomic mass is 9.85. The van der Waals surface area contributed by atoms with E-state index in [9.17, 15) is 9.18 Å². The van der Waals surface area contributed by atoms with E-state index in [4.69, 9.17) is 0 Å². The second kappa shape index (κ2) is 7.56. The molecular weight excluding hydrogens is 365 g/mol. The van der Waals surface area contributed by atoms with Crippen molar-refractivity contribution in [2.24, 2.45) is 0 Å². The molecule has 1 aliphatic rings. The van der Waals surface area contributed by atoms with Gasteiger partial charge in [0.25, 0.3) is 5.91 Å². The minimum atomic E-state index is -0.335. The maximum absolute atomic E-state index is 14.1. The molecule has 150 valence electrons. The number of piperazine rings is 1. The van der Waals surface area contributed by atoms with Crippen LogP contribution in [0.15, 0.2) is 48.7 Å². The molecule has 1 aromatic heterocycles. The lowest BCUT2D eigenvalue weighted by Crippen LogP contribution is -2.46. The Labute approximate surface area is 170 Å². The Morgan fingerprint density at radius 1 is 1.07 bits per heavy atom. The summed E-state index contributed by atoms with van der Waals surface area (Å²) in [5.41, 5.74) is 4.09. The molecule has 0 saturated carbocycles. The summed E-state index contributed by atoms with van der Waals surface area (Å²) in [4.78, 5) is 19.6. The zero-order valence-corrected chi connectivity index (χ0v) is 17.1. The van der Waals surface area contributed by atoms with E-state index >= 15 is 0 Å². The van der Waals surface area contributed by atoms with Crippen LogP contribution in [0.25, 0.3) is 22.0 Å². The van der Waals surface area contributed by atoms with E-state index in [-0.39, 0.29) is 17.1 Å². The molecule has 4 nitrogen and oxygen atoms in total. The first-order chi connectivity index (χ1) is 13.8. The van der Waals surface area contributed by atoms with E-state index in [2.05, 4.69) is 43.2 Å². The Kier molecular flexibility index (Phi) is 5.09. The number of amides is 1. The Bertz CT molecular complexity index is 1050. The van der Waals surface area contributed by atoms with Gasteiger partial charge in [0.1, 0.15) is 5.82 Å². The van der Waals surface area contributed by atoms with Crippen LogP contribution in [0.3, 0.4) is 0 Å². The Balaban J connectivity index is 1.89. The van der Waals surface area contributed by atoms with E-state index in [1.165, 1.54) is 17.7 Å². The summed E-state index contributed by atoms with van der Waals surface area (Å²) in [6.07, 6.45) is 1.64. The monoisotopic (exact) mass is 391 g/mol. The quantitative estimate of drug-likeness (QED) is 0.705. The number of fused-ring (bicyclic) bond motifs is 1. The van der Waals surface area contributed by atoms with Gasteiger partial charge in [-0.05, 0) is 34.7 Å². The number of aromatic nitrogens is 1. The predicted molar refractivity (Wildman–Crippen MR) is 115 cm³/mol. The molecule has 2 aromatic carbocycles. The highest BCUT2D eigenvalue weighted by atomic mass is 19.1. The van der Waals surface area contributed by atoms with Crippen molar-refractivity contribution in [3.05, 3.63) is 65.6 Å². The van der Waals surface area contributed by atoms with Crippen molar-refractivity contribution in [3.63, 3.8) is 0 Å². The van der Waals surface area contributed by atoms with Gasteiger partial charge in [-0.1, -0.05) is 45.0 Å². The molecular formula is C24H26FN3O. The lowest BCUT2D eigenvalue weighted by Gasteiger charge is -2.28. The van der Waals surface area contributed by atoms with Gasteiger partial charge in [0.05, 0.1) is 11.1 Å². The van der Waals surface area contributed by atoms with Gasteiger partial charge in [-0.15, -0.1) is 0 Å². The summed E-state index contributed by atoms with van der Waals surface area (Å²) in [6, 6.07) is 12.8. The number of carbonyl (C=O) groups is 1. The molecule has 3 aromatic rings. The minimum absolute atomic E-state index is 0.0321. The third-order valence-corrected chi connectivity index (χ3v) is 5.50. The fourth-order valence-corrected chi connectivity index (χ4v) is 3.81. The van der Waals surface area contributed by atoms with Gasteiger partial charge in [0.2, 0.25) is 0 Å². The van der Waals surface area contributed by atoms with Crippen molar-refractivity contribution in [2.45, 2.75) is 26.2 Å². The van der Waals surface area contributed by atoms with Crippen LogP contribution in [0.2, 0.25) is 0 Å². The third-order valence-electron chi connectivity index (χ3n) is 5.50. The van der Waals surface area contributed by atoms with Gasteiger partial charge >= 0.3 is 0 Å². The average molecular weight is 391 g/mol. The number of hydrogen-bond acceptors (Lipinski definition) is 3. The van der Waals surface area contributed by atoms with Gasteiger partial charge in [0, 0.05) is 43.3 Å². The smallest absolute Gasteiger partial charge is 0.256 e. The first-order valence-electron chi connectivity index (χ1n) is 10.0. The van der Waals surface area contributed by atoms with Crippen LogP contribution in [-0.4, -0.2) is 42.0 Å². The van der Waals surface area contributed by atoms with Crippen molar-refractivity contribution >= 4 is 16.8 Å². The number of benzene rings is 2. The summed E-state index contributed by atoms with van der Waals surface area (Å²) >= 11 is 0. The lowest BCUT2D eigenvalue weighted by molar-refractivity contribution is 0.0736. The molecule has 0 bridgehead atoms. The normalized spacial score (nSPS) is 15.0. The molecule has 1 amide bonds. The first-order valence-corrected chi connectivity index (χ1v) is 10.0. The van der Waals surface area contributed by atoms with Gasteiger partial charge in [-0.3, -0.25) is 9.78 Å². The van der Waals surface area contributed by atoms with Gasteiger partial charge < -0.3 is 10.2 Å². The van der Waals surface area contributed by atoms with E-state index in [0.717, 1.165) is 24.2 Å². The second-order valence-electron chi connectivity index (χ2n) is 8.58. The van der Waals surface area contributed by atoms with Gasteiger partial charge in [-0.2, -0.15) is 0 Å². The molecule has 2 heterocycles. The van der Waals surface area contributed by atoms with Crippen molar-refractivity contribution < 1.29 is 9.18 Å². The highest BCUT2D eigenvalue weighted by Gasteiger charge is 2.24. The number of hydrogen-bond donors (Lipinski definition) is 1. The largest absolute Gasteiger partial charge is 0.336 e. The third kappa shape index (κ3) is 3.87. The molecule has 0 radical (unpaired) electrons. The molecule has 0 unspecified atom stereocenters. The Hall–Kier alpha value is -2.79. The average Bonchev–Trinajstić information content (AvgIpc) is 2.72. The number of rotatable bonds is 2. The highest BCUT2D eigenvalue weighted by molar-refractivity contribution is 6.08. The van der Waals surface area contributed by atoms with Gasteiger partial charge in [-0.25, -0.2) is 4.39 Å². The molecule has 29 heavy (non-hydrogen) atoms. The van der Waals surface area contributed by atoms with E-state index in [1.807, 2.05) is 17.0 Å². The van der Waals surface area contributed by atoms with Crippen LogP contribution in [-0.2, 0) is 5.41 Å². The second-order valence-corrected chi connectivity index (χ2v) is 8.58. The standard InChI is InChI=1S/C24H26FN3O/c1-24(2,3)17-6-4-16(5-7-17)22-19-14-18(25)8-9-21(19)27-15-20(22)23(29)28-12-10-26-11-13-28/h4-9,14-15,26H,10-13H2,1-3H3. The number of pyridine rings is 1. The maximum atomic E-state index is 14.1. The number of carbonyl (C=O) groups excluding carboxylic acids is 1. The molecule has 4 rings (SSSR count). The van der Waals surface area contributed by atoms with E-state index < -0.39 is 0 Å². The predicted octanol–water partition coefficient (Wildman–Crippen LogP) is 4.38. The Morgan fingerprint density at radius 2 is 1.76 bits per heavy atom. The molecule has 0 atom stereocenters. The summed E-state index contributed by atoms with van der Waals surface area (Å²) in [5.74, 6) is -0.390. The van der Waals surface area contributed by atoms with Crippen LogP contribution >= 0.6 is 0 Å². The number of nitrogens with one attached hydrogen (secondary N) is 1. The fraction of sp³-hybridized carbons (Fsp3) is 0.333. The summed E-state index contributed by atoms with van der Waals surface area (Å²) in [7, 11) is 0. The van der Waals surface area contributed by atoms with Crippen molar-refractivity contribution in [3.8, 4) is 11.1 Å². The summed E-state index contributed by atoms with van der Waals surface area (Å²) < 4.78 is 14.1. The fourth-order valence-electron chi connectivity index (χ4n) is 3.81.